The fourth-order valence-corrected chi connectivity index (χ4v) is 2.24. The zero-order valence-corrected chi connectivity index (χ0v) is 11.2. The molecule has 1 aromatic carbocycles. The molecule has 0 fully saturated rings. The maximum absolute atomic E-state index is 11.2. The summed E-state index contributed by atoms with van der Waals surface area (Å²) >= 11 is 0. The number of benzene rings is 1. The lowest BCUT2D eigenvalue weighted by molar-refractivity contribution is -0.385. The van der Waals surface area contributed by atoms with Gasteiger partial charge >= 0.3 is 0 Å². The van der Waals surface area contributed by atoms with Crippen molar-refractivity contribution in [3.63, 3.8) is 0 Å². The Morgan fingerprint density at radius 1 is 1.33 bits per heavy atom. The highest BCUT2D eigenvalue weighted by Crippen LogP contribution is 2.17. The number of para-hydroxylation sites is 1. The van der Waals surface area contributed by atoms with E-state index in [-0.39, 0.29) is 10.6 Å². The lowest BCUT2D eigenvalue weighted by atomic mass is 10.1. The van der Waals surface area contributed by atoms with Gasteiger partial charge in [-0.25, -0.2) is 0 Å². The van der Waals surface area contributed by atoms with Crippen molar-refractivity contribution in [2.45, 2.75) is 13.3 Å². The van der Waals surface area contributed by atoms with Gasteiger partial charge in [0.25, 0.3) is 5.69 Å². The van der Waals surface area contributed by atoms with E-state index in [9.17, 15) is 14.3 Å². The molecule has 0 radical (unpaired) electrons. The molecule has 6 heteroatoms. The van der Waals surface area contributed by atoms with E-state index in [0.717, 1.165) is 5.56 Å². The van der Waals surface area contributed by atoms with E-state index in [1.54, 1.807) is 18.2 Å². The zero-order chi connectivity index (χ0) is 13.4. The number of nitrogens with one attached hydrogen (secondary N) is 1. The Morgan fingerprint density at radius 2 is 2.06 bits per heavy atom. The van der Waals surface area contributed by atoms with Crippen LogP contribution >= 0.6 is 0 Å². The van der Waals surface area contributed by atoms with Crippen LogP contribution in [0.5, 0.6) is 0 Å². The third-order valence-corrected chi connectivity index (χ3v) is 3.89. The second-order valence-electron chi connectivity index (χ2n) is 3.82. The van der Waals surface area contributed by atoms with Gasteiger partial charge in [0.15, 0.2) is 0 Å². The summed E-state index contributed by atoms with van der Waals surface area (Å²) < 4.78 is 11.2. The molecule has 1 atom stereocenters. The smallest absolute Gasteiger partial charge is 0.272 e. The normalized spacial score (nSPS) is 12.3. The van der Waals surface area contributed by atoms with Crippen molar-refractivity contribution in [2.24, 2.45) is 0 Å². The minimum atomic E-state index is -0.757. The van der Waals surface area contributed by atoms with Gasteiger partial charge in [0, 0.05) is 40.5 Å². The first-order valence-electron chi connectivity index (χ1n) is 5.93. The van der Waals surface area contributed by atoms with Gasteiger partial charge in [-0.2, -0.15) is 0 Å². The predicted molar refractivity (Wildman–Crippen MR) is 73.2 cm³/mol. The molecule has 18 heavy (non-hydrogen) atoms. The maximum Gasteiger partial charge on any atom is 0.272 e. The molecule has 0 aliphatic heterocycles. The quantitative estimate of drug-likeness (QED) is 0.441. The summed E-state index contributed by atoms with van der Waals surface area (Å²) in [5.74, 6) is 1.30. The van der Waals surface area contributed by atoms with Crippen LogP contribution in [-0.4, -0.2) is 33.7 Å². The molecule has 0 saturated heterocycles. The number of hydrogen-bond donors (Lipinski definition) is 1. The van der Waals surface area contributed by atoms with Gasteiger partial charge < -0.3 is 5.32 Å². The molecule has 5 nitrogen and oxygen atoms in total. The second-order valence-corrected chi connectivity index (χ2v) is 5.68. The van der Waals surface area contributed by atoms with Crippen molar-refractivity contribution in [3.8, 4) is 0 Å². The van der Waals surface area contributed by atoms with E-state index in [0.29, 0.717) is 31.0 Å². The molecule has 1 unspecified atom stereocenters. The Morgan fingerprint density at radius 3 is 2.72 bits per heavy atom. The van der Waals surface area contributed by atoms with Gasteiger partial charge in [-0.1, -0.05) is 25.1 Å². The standard InChI is InChI=1S/C12H18N2O3S/c1-2-18(17)10-9-13-8-7-11-5-3-4-6-12(11)14(15)16/h3-6,13H,2,7-10H2,1H3. The van der Waals surface area contributed by atoms with Crippen molar-refractivity contribution in [3.05, 3.63) is 39.9 Å². The van der Waals surface area contributed by atoms with Crippen LogP contribution in [0.1, 0.15) is 12.5 Å². The zero-order valence-electron chi connectivity index (χ0n) is 10.4. The highest BCUT2D eigenvalue weighted by Gasteiger charge is 2.11. The monoisotopic (exact) mass is 270 g/mol. The van der Waals surface area contributed by atoms with Crippen molar-refractivity contribution < 1.29 is 9.13 Å². The Kier molecular flexibility index (Phi) is 6.53. The highest BCUT2D eigenvalue weighted by atomic mass is 32.2. The molecule has 0 saturated carbocycles. The summed E-state index contributed by atoms with van der Waals surface area (Å²) in [6.07, 6.45) is 0.607. The number of nitro groups is 1. The molecular formula is C12H18N2O3S. The number of hydrogen-bond acceptors (Lipinski definition) is 4. The van der Waals surface area contributed by atoms with Gasteiger partial charge in [0.1, 0.15) is 0 Å². The fourth-order valence-electron chi connectivity index (χ4n) is 1.58. The molecule has 0 bridgehead atoms. The Labute approximate surface area is 109 Å². The van der Waals surface area contributed by atoms with Crippen molar-refractivity contribution in [2.75, 3.05) is 24.6 Å². The molecule has 0 spiro atoms. The lowest BCUT2D eigenvalue weighted by Gasteiger charge is -2.05. The first kappa shape index (κ1) is 14.8. The van der Waals surface area contributed by atoms with Crippen LogP contribution in [-0.2, 0) is 17.2 Å². The molecule has 1 rings (SSSR count). The van der Waals surface area contributed by atoms with Crippen LogP contribution in [0.4, 0.5) is 5.69 Å². The molecule has 0 amide bonds. The summed E-state index contributed by atoms with van der Waals surface area (Å²) in [6.45, 7) is 3.23. The summed E-state index contributed by atoms with van der Waals surface area (Å²) in [5, 5.41) is 13.9. The van der Waals surface area contributed by atoms with E-state index < -0.39 is 10.8 Å². The van der Waals surface area contributed by atoms with Gasteiger partial charge in [0.2, 0.25) is 0 Å². The predicted octanol–water partition coefficient (Wildman–Crippen LogP) is 1.50. The van der Waals surface area contributed by atoms with Crippen LogP contribution in [0.25, 0.3) is 0 Å². The molecular weight excluding hydrogens is 252 g/mol. The van der Waals surface area contributed by atoms with E-state index >= 15 is 0 Å². The summed E-state index contributed by atoms with van der Waals surface area (Å²) in [5.41, 5.74) is 0.892. The third kappa shape index (κ3) is 4.93. The van der Waals surface area contributed by atoms with Crippen LogP contribution in [0, 0.1) is 10.1 Å². The van der Waals surface area contributed by atoms with E-state index in [2.05, 4.69) is 5.32 Å². The van der Waals surface area contributed by atoms with E-state index in [1.807, 2.05) is 6.92 Å². The average molecular weight is 270 g/mol. The van der Waals surface area contributed by atoms with Gasteiger partial charge in [-0.15, -0.1) is 0 Å². The summed E-state index contributed by atoms with van der Waals surface area (Å²) in [4.78, 5) is 10.4. The highest BCUT2D eigenvalue weighted by molar-refractivity contribution is 7.84. The van der Waals surface area contributed by atoms with E-state index in [4.69, 9.17) is 0 Å². The minimum Gasteiger partial charge on any atom is -0.315 e. The van der Waals surface area contributed by atoms with E-state index in [1.165, 1.54) is 6.07 Å². The van der Waals surface area contributed by atoms with Crippen LogP contribution in [0.15, 0.2) is 24.3 Å². The first-order valence-corrected chi connectivity index (χ1v) is 7.42. The fraction of sp³-hybridized carbons (Fsp3) is 0.500. The second kappa shape index (κ2) is 7.94. The van der Waals surface area contributed by atoms with Crippen molar-refractivity contribution in [1.82, 2.24) is 5.32 Å². The Hall–Kier alpha value is -1.27. The molecule has 0 aromatic heterocycles. The molecule has 0 aliphatic carbocycles. The number of nitro benzene ring substituents is 1. The maximum atomic E-state index is 11.2. The average Bonchev–Trinajstić information content (AvgIpc) is 2.38. The lowest BCUT2D eigenvalue weighted by Crippen LogP contribution is -2.23. The number of nitrogens with zero attached hydrogens (tertiary/aromatic N) is 1. The number of rotatable bonds is 8. The van der Waals surface area contributed by atoms with Crippen LogP contribution in [0.2, 0.25) is 0 Å². The topological polar surface area (TPSA) is 72.2 Å². The minimum absolute atomic E-state index is 0.163. The van der Waals surface area contributed by atoms with Crippen LogP contribution in [0.3, 0.4) is 0 Å². The van der Waals surface area contributed by atoms with Gasteiger partial charge in [-0.3, -0.25) is 14.3 Å². The first-order chi connectivity index (χ1) is 8.65. The largest absolute Gasteiger partial charge is 0.315 e. The molecule has 0 heterocycles. The van der Waals surface area contributed by atoms with Gasteiger partial charge in [-0.05, 0) is 13.0 Å². The third-order valence-electron chi connectivity index (χ3n) is 2.59. The molecule has 0 aliphatic rings. The molecule has 1 N–H and O–H groups in total. The Bertz CT molecular complexity index is 424. The molecule has 1 aromatic rings. The summed E-state index contributed by atoms with van der Waals surface area (Å²) in [7, 11) is -0.757. The Balaban J connectivity index is 2.35. The van der Waals surface area contributed by atoms with Crippen molar-refractivity contribution in [1.29, 1.82) is 0 Å². The summed E-state index contributed by atoms with van der Waals surface area (Å²) in [6, 6.07) is 6.75. The van der Waals surface area contributed by atoms with Crippen molar-refractivity contribution >= 4 is 16.5 Å². The van der Waals surface area contributed by atoms with Gasteiger partial charge in [0.05, 0.1) is 4.92 Å². The molecule has 100 valence electrons. The van der Waals surface area contributed by atoms with Crippen LogP contribution < -0.4 is 5.32 Å². The SMILES string of the molecule is CCS(=O)CCNCCc1ccccc1[N+](=O)[O-].